The van der Waals surface area contributed by atoms with E-state index < -0.39 is 22.8 Å². The van der Waals surface area contributed by atoms with Gasteiger partial charge in [-0.2, -0.15) is 0 Å². The molecule has 2 saturated heterocycles. The molecule has 0 spiro atoms. The van der Waals surface area contributed by atoms with Gasteiger partial charge in [-0.15, -0.1) is 11.3 Å². The summed E-state index contributed by atoms with van der Waals surface area (Å²) in [6, 6.07) is 15.2. The van der Waals surface area contributed by atoms with E-state index in [2.05, 4.69) is 10.3 Å². The van der Waals surface area contributed by atoms with Crippen molar-refractivity contribution in [1.82, 2.24) is 10.3 Å². The standard InChI is InChI=1S/C33H25N5O7S2/c1-17-6-9-19(10-7-17)37-31(42)23(28(39)35-32(37)43)14-18-8-13-26(25(15-18)38(44)45)46-33-34-24-12-11-20(16-27(24)47-33)36-29(40)21-4-2-3-5-22(21)30(36)41/h6-16,21-22H,2-5H2,1H3,(H,35,39,43)/b23-14+/t21-,22-/m1/s1. The molecule has 3 aliphatic rings. The summed E-state index contributed by atoms with van der Waals surface area (Å²) in [7, 11) is 0. The number of anilines is 2. The van der Waals surface area contributed by atoms with Gasteiger partial charge in [0.05, 0.1) is 43.2 Å². The molecule has 2 atom stereocenters. The minimum absolute atomic E-state index is 0.161. The van der Waals surface area contributed by atoms with E-state index in [4.69, 9.17) is 0 Å². The number of benzene rings is 3. The first-order valence-electron chi connectivity index (χ1n) is 14.8. The highest BCUT2D eigenvalue weighted by atomic mass is 32.2. The van der Waals surface area contributed by atoms with Gasteiger partial charge < -0.3 is 0 Å². The Balaban J connectivity index is 1.15. The number of fused-ring (bicyclic) bond motifs is 2. The van der Waals surface area contributed by atoms with Gasteiger partial charge in [-0.1, -0.05) is 48.4 Å². The van der Waals surface area contributed by atoms with Crippen LogP contribution in [0, 0.1) is 28.9 Å². The highest BCUT2D eigenvalue weighted by Crippen LogP contribution is 2.43. The Labute approximate surface area is 275 Å². The molecule has 6 amide bonds. The van der Waals surface area contributed by atoms with Gasteiger partial charge in [0.2, 0.25) is 11.8 Å². The summed E-state index contributed by atoms with van der Waals surface area (Å²) < 4.78 is 1.23. The summed E-state index contributed by atoms with van der Waals surface area (Å²) in [5.41, 5.74) is 1.90. The van der Waals surface area contributed by atoms with Crippen LogP contribution in [0.5, 0.6) is 0 Å². The lowest BCUT2D eigenvalue weighted by Gasteiger charge is -2.26. The van der Waals surface area contributed by atoms with Crippen molar-refractivity contribution in [2.75, 3.05) is 9.80 Å². The lowest BCUT2D eigenvalue weighted by Crippen LogP contribution is -2.54. The monoisotopic (exact) mass is 667 g/mol. The first-order chi connectivity index (χ1) is 22.6. The van der Waals surface area contributed by atoms with Gasteiger partial charge >= 0.3 is 6.03 Å². The number of aryl methyl sites for hydroxylation is 1. The highest BCUT2D eigenvalue weighted by Gasteiger charge is 2.48. The van der Waals surface area contributed by atoms with E-state index in [1.807, 2.05) is 6.92 Å². The number of nitrogens with one attached hydrogen (secondary N) is 1. The molecule has 7 rings (SSSR count). The summed E-state index contributed by atoms with van der Waals surface area (Å²) in [5.74, 6) is -2.61. The molecular formula is C33H25N5O7S2. The van der Waals surface area contributed by atoms with Gasteiger partial charge in [0.25, 0.3) is 17.5 Å². The first-order valence-corrected chi connectivity index (χ1v) is 16.4. The van der Waals surface area contributed by atoms with E-state index in [1.54, 1.807) is 42.5 Å². The highest BCUT2D eigenvalue weighted by molar-refractivity contribution is 8.01. The molecule has 3 fully saturated rings. The van der Waals surface area contributed by atoms with E-state index in [9.17, 15) is 34.1 Å². The van der Waals surface area contributed by atoms with Crippen molar-refractivity contribution >= 4 is 86.1 Å². The van der Waals surface area contributed by atoms with Gasteiger partial charge in [-0.3, -0.25) is 39.5 Å². The Bertz CT molecular complexity index is 2050. The normalized spacial score (nSPS) is 20.7. The van der Waals surface area contributed by atoms with Gasteiger partial charge in [0.1, 0.15) is 5.57 Å². The smallest absolute Gasteiger partial charge is 0.274 e. The molecule has 0 unspecified atom stereocenters. The molecule has 236 valence electrons. The summed E-state index contributed by atoms with van der Waals surface area (Å²) in [4.78, 5) is 83.1. The van der Waals surface area contributed by atoms with Crippen molar-refractivity contribution in [1.29, 1.82) is 0 Å². The van der Waals surface area contributed by atoms with E-state index in [1.165, 1.54) is 40.5 Å². The average Bonchev–Trinajstić information content (AvgIpc) is 3.57. The van der Waals surface area contributed by atoms with Crippen molar-refractivity contribution < 1.29 is 28.9 Å². The van der Waals surface area contributed by atoms with E-state index >= 15 is 0 Å². The Morgan fingerprint density at radius 3 is 2.28 bits per heavy atom. The fourth-order valence-corrected chi connectivity index (χ4v) is 8.33. The van der Waals surface area contributed by atoms with Crippen LogP contribution in [0.2, 0.25) is 0 Å². The third kappa shape index (κ3) is 5.48. The Morgan fingerprint density at radius 2 is 1.60 bits per heavy atom. The fraction of sp³-hybridized carbons (Fsp3) is 0.212. The maximum absolute atomic E-state index is 13.2. The number of nitrogens with zero attached hydrogens (tertiary/aromatic N) is 4. The number of barbiturate groups is 1. The quantitative estimate of drug-likeness (QED) is 0.0854. The number of nitro benzene ring substituents is 1. The van der Waals surface area contributed by atoms with E-state index in [-0.39, 0.29) is 51.1 Å². The van der Waals surface area contributed by atoms with E-state index in [0.717, 1.165) is 52.6 Å². The molecule has 3 aromatic carbocycles. The predicted octanol–water partition coefficient (Wildman–Crippen LogP) is 6.01. The van der Waals surface area contributed by atoms with Crippen molar-refractivity contribution in [3.63, 3.8) is 0 Å². The lowest BCUT2D eigenvalue weighted by molar-refractivity contribution is -0.387. The second kappa shape index (κ2) is 11.9. The van der Waals surface area contributed by atoms with Crippen LogP contribution in [0.3, 0.4) is 0 Å². The minimum Gasteiger partial charge on any atom is -0.274 e. The van der Waals surface area contributed by atoms with E-state index in [0.29, 0.717) is 15.5 Å². The number of urea groups is 1. The van der Waals surface area contributed by atoms with Crippen LogP contribution in [-0.4, -0.2) is 39.6 Å². The number of thiazole rings is 1. The Kier molecular flexibility index (Phi) is 7.68. The molecule has 2 aliphatic heterocycles. The number of carbonyl (C=O) groups excluding carboxylic acids is 5. The molecule has 14 heteroatoms. The number of rotatable bonds is 6. The zero-order chi connectivity index (χ0) is 33.0. The molecule has 1 aromatic heterocycles. The van der Waals surface area contributed by atoms with Crippen LogP contribution in [0.4, 0.5) is 21.9 Å². The summed E-state index contributed by atoms with van der Waals surface area (Å²) in [6.45, 7) is 1.85. The molecule has 4 aromatic rings. The molecule has 0 bridgehead atoms. The predicted molar refractivity (Wildman–Crippen MR) is 175 cm³/mol. The largest absolute Gasteiger partial charge is 0.335 e. The molecule has 3 heterocycles. The first kappa shape index (κ1) is 30.4. The number of amides is 6. The number of imide groups is 3. The molecular weight excluding hydrogens is 643 g/mol. The number of nitro groups is 1. The zero-order valence-corrected chi connectivity index (χ0v) is 26.4. The molecule has 1 aliphatic carbocycles. The minimum atomic E-state index is -0.908. The SMILES string of the molecule is Cc1ccc(N2C(=O)NC(=O)/C(=C\c3ccc(Sc4nc5ccc(N6C(=O)[C@@H]7CCCC[C@H]7C6=O)cc5s4)c([N+](=O)[O-])c3)C2=O)cc1. The van der Waals surface area contributed by atoms with Crippen LogP contribution < -0.4 is 15.1 Å². The second-order valence-corrected chi connectivity index (χ2v) is 13.8. The zero-order valence-electron chi connectivity index (χ0n) is 24.8. The third-order valence-electron chi connectivity index (χ3n) is 8.53. The number of hydrogen-bond donors (Lipinski definition) is 1. The van der Waals surface area contributed by atoms with Crippen molar-refractivity contribution in [2.45, 2.75) is 41.8 Å². The van der Waals surface area contributed by atoms with Crippen molar-refractivity contribution in [2.24, 2.45) is 11.8 Å². The van der Waals surface area contributed by atoms with Gasteiger partial charge in [0, 0.05) is 6.07 Å². The summed E-state index contributed by atoms with van der Waals surface area (Å²) in [6.07, 6.45) is 4.53. The Morgan fingerprint density at radius 1 is 0.915 bits per heavy atom. The number of hydrogen-bond acceptors (Lipinski definition) is 10. The maximum atomic E-state index is 13.2. The number of aromatic nitrogens is 1. The molecule has 47 heavy (non-hydrogen) atoms. The maximum Gasteiger partial charge on any atom is 0.335 e. The second-order valence-electron chi connectivity index (χ2n) is 11.5. The molecule has 1 saturated carbocycles. The molecule has 0 radical (unpaired) electrons. The van der Waals surface area contributed by atoms with Crippen LogP contribution in [-0.2, 0) is 19.2 Å². The fourth-order valence-electron chi connectivity index (χ4n) is 6.19. The number of carbonyl (C=O) groups is 5. The summed E-state index contributed by atoms with van der Waals surface area (Å²) in [5, 5.41) is 14.3. The Hall–Kier alpha value is -5.21. The molecule has 1 N–H and O–H groups in total. The van der Waals surface area contributed by atoms with Gasteiger partial charge in [-0.25, -0.2) is 14.7 Å². The van der Waals surface area contributed by atoms with Gasteiger partial charge in [-0.05, 0) is 67.8 Å². The van der Waals surface area contributed by atoms with Gasteiger partial charge in [0.15, 0.2) is 4.34 Å². The van der Waals surface area contributed by atoms with Crippen LogP contribution in [0.1, 0.15) is 36.8 Å². The summed E-state index contributed by atoms with van der Waals surface area (Å²) >= 11 is 2.36. The van der Waals surface area contributed by atoms with Crippen LogP contribution in [0.25, 0.3) is 16.3 Å². The van der Waals surface area contributed by atoms with Crippen molar-refractivity contribution in [3.8, 4) is 0 Å². The third-order valence-corrected chi connectivity index (χ3v) is 10.7. The van der Waals surface area contributed by atoms with Crippen LogP contribution >= 0.6 is 23.1 Å². The van der Waals surface area contributed by atoms with Crippen molar-refractivity contribution in [3.05, 3.63) is 87.5 Å². The average molecular weight is 668 g/mol. The topological polar surface area (TPSA) is 160 Å². The molecule has 12 nitrogen and oxygen atoms in total. The lowest BCUT2D eigenvalue weighted by atomic mass is 9.81. The van der Waals surface area contributed by atoms with Crippen LogP contribution in [0.15, 0.2) is 75.5 Å².